The van der Waals surface area contributed by atoms with Gasteiger partial charge in [0.2, 0.25) is 0 Å². The van der Waals surface area contributed by atoms with Crippen LogP contribution in [0.25, 0.3) is 10.9 Å². The van der Waals surface area contributed by atoms with Gasteiger partial charge in [0, 0.05) is 29.2 Å². The predicted octanol–water partition coefficient (Wildman–Crippen LogP) is 2.73. The minimum Gasteiger partial charge on any atom is -0.495 e. The van der Waals surface area contributed by atoms with Crippen molar-refractivity contribution in [1.29, 1.82) is 5.26 Å². The molecule has 0 bridgehead atoms. The standard InChI is InChI=1S/C22H17ClN6O5/c1-32-16-7-14(4-2-12(16)8-24)26-9-13-6-11-3-5-15(18(23)19(11)28-22(13)31)33-10-17-27-21(20(25)30)29-34-17/h2-7,26H,9-10H2,1H3,(H2,25,30)(H,28,31). The molecular weight excluding hydrogens is 464 g/mol. The van der Waals surface area contributed by atoms with E-state index in [4.69, 9.17) is 36.6 Å². The third-order valence-corrected chi connectivity index (χ3v) is 5.22. The normalized spacial score (nSPS) is 10.6. The third kappa shape index (κ3) is 4.62. The van der Waals surface area contributed by atoms with E-state index in [1.165, 1.54) is 7.11 Å². The van der Waals surface area contributed by atoms with Gasteiger partial charge in [-0.15, -0.1) is 0 Å². The van der Waals surface area contributed by atoms with Crippen molar-refractivity contribution < 1.29 is 18.8 Å². The zero-order valence-electron chi connectivity index (χ0n) is 17.7. The van der Waals surface area contributed by atoms with Crippen molar-refractivity contribution in [3.63, 3.8) is 0 Å². The molecule has 0 saturated heterocycles. The zero-order valence-corrected chi connectivity index (χ0v) is 18.5. The lowest BCUT2D eigenvalue weighted by Gasteiger charge is -2.11. The molecule has 0 aliphatic rings. The van der Waals surface area contributed by atoms with E-state index < -0.39 is 5.91 Å². The highest BCUT2D eigenvalue weighted by atomic mass is 35.5. The average Bonchev–Trinajstić information content (AvgIpc) is 3.32. The Morgan fingerprint density at radius 2 is 2.12 bits per heavy atom. The highest BCUT2D eigenvalue weighted by molar-refractivity contribution is 6.36. The van der Waals surface area contributed by atoms with Gasteiger partial charge in [0.15, 0.2) is 6.61 Å². The van der Waals surface area contributed by atoms with Gasteiger partial charge >= 0.3 is 0 Å². The van der Waals surface area contributed by atoms with Crippen LogP contribution in [0.4, 0.5) is 5.69 Å². The zero-order chi connectivity index (χ0) is 24.2. The quantitative estimate of drug-likeness (QED) is 0.343. The van der Waals surface area contributed by atoms with E-state index in [9.17, 15) is 9.59 Å². The van der Waals surface area contributed by atoms with Crippen LogP contribution < -0.4 is 26.1 Å². The van der Waals surface area contributed by atoms with Crippen molar-refractivity contribution >= 4 is 34.1 Å². The van der Waals surface area contributed by atoms with Crippen molar-refractivity contribution in [2.45, 2.75) is 13.2 Å². The number of aromatic amines is 1. The Balaban J connectivity index is 1.51. The highest BCUT2D eigenvalue weighted by Crippen LogP contribution is 2.32. The van der Waals surface area contributed by atoms with Crippen LogP contribution >= 0.6 is 11.6 Å². The molecule has 2 aromatic heterocycles. The third-order valence-electron chi connectivity index (χ3n) is 4.84. The Hall–Kier alpha value is -4.56. The second-order valence-corrected chi connectivity index (χ2v) is 7.39. The van der Waals surface area contributed by atoms with E-state index in [-0.39, 0.29) is 41.2 Å². The molecule has 2 heterocycles. The molecule has 4 aromatic rings. The number of hydrogen-bond donors (Lipinski definition) is 3. The number of methoxy groups -OCH3 is 1. The van der Waals surface area contributed by atoms with E-state index >= 15 is 0 Å². The van der Waals surface area contributed by atoms with Gasteiger partial charge in [0.05, 0.1) is 18.2 Å². The number of fused-ring (bicyclic) bond motifs is 1. The predicted molar refractivity (Wildman–Crippen MR) is 122 cm³/mol. The van der Waals surface area contributed by atoms with Crippen molar-refractivity contribution in [2.24, 2.45) is 5.73 Å². The monoisotopic (exact) mass is 480 g/mol. The molecule has 0 spiro atoms. The van der Waals surface area contributed by atoms with E-state index in [2.05, 4.69) is 20.4 Å². The van der Waals surface area contributed by atoms with Gasteiger partial charge < -0.3 is 30.0 Å². The van der Waals surface area contributed by atoms with E-state index in [1.54, 1.807) is 36.4 Å². The number of aromatic nitrogens is 3. The van der Waals surface area contributed by atoms with E-state index in [0.29, 0.717) is 33.5 Å². The molecule has 12 heteroatoms. The first kappa shape index (κ1) is 22.6. The molecule has 0 radical (unpaired) electrons. The number of primary amides is 1. The number of carbonyl (C=O) groups excluding carboxylic acids is 1. The van der Waals surface area contributed by atoms with Crippen LogP contribution in [0.3, 0.4) is 0 Å². The number of carbonyl (C=O) groups is 1. The number of H-pyrrole nitrogens is 1. The number of nitrogens with two attached hydrogens (primary N) is 1. The minimum atomic E-state index is -0.820. The maximum absolute atomic E-state index is 12.6. The molecule has 4 rings (SSSR count). The van der Waals surface area contributed by atoms with Crippen molar-refractivity contribution in [2.75, 3.05) is 12.4 Å². The van der Waals surface area contributed by atoms with Crippen LogP contribution in [0.2, 0.25) is 5.02 Å². The van der Waals surface area contributed by atoms with Crippen LogP contribution in [0, 0.1) is 11.3 Å². The molecule has 0 aliphatic heterocycles. The van der Waals surface area contributed by atoms with Gasteiger partial charge in [-0.3, -0.25) is 9.59 Å². The van der Waals surface area contributed by atoms with Gasteiger partial charge in [0.25, 0.3) is 23.2 Å². The first-order valence-electron chi connectivity index (χ1n) is 9.81. The van der Waals surface area contributed by atoms with Gasteiger partial charge in [-0.1, -0.05) is 16.8 Å². The molecule has 0 aliphatic carbocycles. The topological polar surface area (TPSA) is 169 Å². The smallest absolute Gasteiger partial charge is 0.290 e. The molecule has 1 amide bonds. The summed E-state index contributed by atoms with van der Waals surface area (Å²) in [5.74, 6) is -0.322. The lowest BCUT2D eigenvalue weighted by Crippen LogP contribution is -2.16. The maximum atomic E-state index is 12.6. The Morgan fingerprint density at radius 3 is 2.82 bits per heavy atom. The molecule has 0 atom stereocenters. The van der Waals surface area contributed by atoms with Crippen LogP contribution in [0.1, 0.15) is 27.6 Å². The summed E-state index contributed by atoms with van der Waals surface area (Å²) in [6.45, 7) is 0.0847. The number of nitrogens with one attached hydrogen (secondary N) is 2. The number of halogens is 1. The van der Waals surface area contributed by atoms with E-state index in [1.807, 2.05) is 6.07 Å². The number of amides is 1. The summed E-state index contributed by atoms with van der Waals surface area (Å²) in [4.78, 5) is 30.3. The first-order valence-corrected chi connectivity index (χ1v) is 10.2. The molecule has 4 N–H and O–H groups in total. The number of ether oxygens (including phenoxy) is 2. The molecule has 11 nitrogen and oxygen atoms in total. The Kier molecular flexibility index (Phi) is 6.33. The highest BCUT2D eigenvalue weighted by Gasteiger charge is 2.14. The Labute approximate surface area is 197 Å². The van der Waals surface area contributed by atoms with Crippen molar-refractivity contribution in [1.82, 2.24) is 15.1 Å². The second kappa shape index (κ2) is 9.51. The summed E-state index contributed by atoms with van der Waals surface area (Å²) in [5.41, 5.74) is 6.74. The van der Waals surface area contributed by atoms with E-state index in [0.717, 1.165) is 0 Å². The number of pyridine rings is 1. The largest absolute Gasteiger partial charge is 0.495 e. The maximum Gasteiger partial charge on any atom is 0.290 e. The van der Waals surface area contributed by atoms with Gasteiger partial charge in [-0.25, -0.2) is 0 Å². The fourth-order valence-electron chi connectivity index (χ4n) is 3.15. The molecule has 34 heavy (non-hydrogen) atoms. The number of rotatable bonds is 8. The molecular formula is C22H17ClN6O5. The number of anilines is 1. The van der Waals surface area contributed by atoms with Crippen LogP contribution in [-0.2, 0) is 13.2 Å². The van der Waals surface area contributed by atoms with Crippen LogP contribution in [0.5, 0.6) is 11.5 Å². The van der Waals surface area contributed by atoms with Gasteiger partial charge in [-0.05, 0) is 30.3 Å². The summed E-state index contributed by atoms with van der Waals surface area (Å²) in [5, 5.41) is 16.6. The van der Waals surface area contributed by atoms with Crippen molar-refractivity contribution in [3.8, 4) is 17.6 Å². The molecule has 0 fully saturated rings. The van der Waals surface area contributed by atoms with Crippen LogP contribution in [-0.4, -0.2) is 28.1 Å². The molecule has 2 aromatic carbocycles. The first-order chi connectivity index (χ1) is 16.4. The Bertz CT molecular complexity index is 1490. The summed E-state index contributed by atoms with van der Waals surface area (Å²) in [7, 11) is 1.48. The van der Waals surface area contributed by atoms with Crippen molar-refractivity contribution in [3.05, 3.63) is 74.6 Å². The second-order valence-electron chi connectivity index (χ2n) is 7.01. The fraction of sp³-hybridized carbons (Fsp3) is 0.136. The Morgan fingerprint density at radius 1 is 1.29 bits per heavy atom. The molecule has 172 valence electrons. The van der Waals surface area contributed by atoms with Crippen LogP contribution in [0.15, 0.2) is 45.7 Å². The molecule has 0 saturated carbocycles. The fourth-order valence-corrected chi connectivity index (χ4v) is 3.43. The average molecular weight is 481 g/mol. The summed E-state index contributed by atoms with van der Waals surface area (Å²) in [6, 6.07) is 12.2. The summed E-state index contributed by atoms with van der Waals surface area (Å²) >= 11 is 6.43. The number of hydrogen-bond acceptors (Lipinski definition) is 9. The SMILES string of the molecule is COc1cc(NCc2cc3ccc(OCc4nc(C(N)=O)no4)c(Cl)c3[nH]c2=O)ccc1C#N. The lowest BCUT2D eigenvalue weighted by molar-refractivity contribution is 0.0987. The number of nitriles is 1. The number of nitrogens with zero attached hydrogens (tertiary/aromatic N) is 3. The van der Waals surface area contributed by atoms with Gasteiger partial charge in [0.1, 0.15) is 22.6 Å². The van der Waals surface area contributed by atoms with Gasteiger partial charge in [-0.2, -0.15) is 10.2 Å². The summed E-state index contributed by atoms with van der Waals surface area (Å²) in [6.07, 6.45) is 0. The molecule has 0 unspecified atom stereocenters. The minimum absolute atomic E-state index is 0.0410. The lowest BCUT2D eigenvalue weighted by atomic mass is 10.1. The number of benzene rings is 2. The summed E-state index contributed by atoms with van der Waals surface area (Å²) < 4.78 is 15.7.